The number of carbonyl (C=O) groups excluding carboxylic acids is 1. The molecule has 1 aromatic carbocycles. The van der Waals surface area contributed by atoms with Crippen LogP contribution in [-0.2, 0) is 6.54 Å². The number of alkyl halides is 1. The average Bonchev–Trinajstić information content (AvgIpc) is 3.73. The second kappa shape index (κ2) is 13.4. The molecule has 244 valence electrons. The van der Waals surface area contributed by atoms with E-state index in [0.29, 0.717) is 19.0 Å². The second-order valence-corrected chi connectivity index (χ2v) is 15.5. The smallest absolute Gasteiger partial charge is 0.266 e. The van der Waals surface area contributed by atoms with E-state index < -0.39 is 6.30 Å². The van der Waals surface area contributed by atoms with Crippen LogP contribution in [0.4, 0.5) is 10.2 Å². The number of hydrogen-bond acceptors (Lipinski definition) is 6. The van der Waals surface area contributed by atoms with Gasteiger partial charge >= 0.3 is 0 Å². The number of piperidine rings is 1. The highest BCUT2D eigenvalue weighted by molar-refractivity contribution is 7.99. The molecule has 4 atom stereocenters. The molecule has 7 rings (SSSR count). The summed E-state index contributed by atoms with van der Waals surface area (Å²) < 4.78 is 17.0. The van der Waals surface area contributed by atoms with Gasteiger partial charge < -0.3 is 0 Å². The summed E-state index contributed by atoms with van der Waals surface area (Å²) in [6, 6.07) is 9.45. The molecule has 45 heavy (non-hydrogen) atoms. The van der Waals surface area contributed by atoms with Crippen molar-refractivity contribution in [3.05, 3.63) is 41.0 Å². The molecule has 2 aromatic rings. The van der Waals surface area contributed by atoms with E-state index in [1.807, 2.05) is 11.7 Å². The van der Waals surface area contributed by atoms with E-state index in [2.05, 4.69) is 41.4 Å². The fourth-order valence-corrected chi connectivity index (χ4v) is 9.81. The van der Waals surface area contributed by atoms with Gasteiger partial charge in [-0.25, -0.2) is 9.38 Å². The van der Waals surface area contributed by atoms with Gasteiger partial charge in [-0.15, -0.1) is 11.8 Å². The molecular formula is C36H51FN6OS. The molecule has 0 bridgehead atoms. The van der Waals surface area contributed by atoms with Crippen molar-refractivity contribution in [3.63, 3.8) is 0 Å². The van der Waals surface area contributed by atoms with Crippen molar-refractivity contribution < 1.29 is 9.18 Å². The summed E-state index contributed by atoms with van der Waals surface area (Å²) >= 11 is 1.69. The van der Waals surface area contributed by atoms with Gasteiger partial charge in [0, 0.05) is 13.1 Å². The molecule has 1 amide bonds. The Bertz CT molecular complexity index is 1380. The van der Waals surface area contributed by atoms with Gasteiger partial charge in [0.2, 0.25) is 5.96 Å². The van der Waals surface area contributed by atoms with E-state index in [9.17, 15) is 9.18 Å². The Morgan fingerprint density at radius 3 is 2.31 bits per heavy atom. The Hall–Kier alpha value is -2.39. The summed E-state index contributed by atoms with van der Waals surface area (Å²) in [5, 5.41) is 9.50. The van der Waals surface area contributed by atoms with Crippen molar-refractivity contribution in [2.24, 2.45) is 10.4 Å². The number of rotatable bonds is 5. The molecule has 2 unspecified atom stereocenters. The molecule has 1 spiro atoms. The van der Waals surface area contributed by atoms with Crippen LogP contribution in [0.1, 0.15) is 137 Å². The van der Waals surface area contributed by atoms with Crippen molar-refractivity contribution in [3.8, 4) is 0 Å². The van der Waals surface area contributed by atoms with E-state index in [4.69, 9.17) is 10.1 Å². The van der Waals surface area contributed by atoms with Crippen molar-refractivity contribution in [1.29, 1.82) is 0 Å². The van der Waals surface area contributed by atoms with E-state index in [1.54, 1.807) is 16.7 Å². The lowest BCUT2D eigenvalue weighted by molar-refractivity contribution is 0.0377. The molecule has 2 aliphatic carbocycles. The molecular weight excluding hydrogens is 584 g/mol. The number of aliphatic imine (C=N–C) groups is 1. The molecule has 1 aromatic heterocycles. The van der Waals surface area contributed by atoms with Crippen molar-refractivity contribution >= 4 is 29.4 Å². The van der Waals surface area contributed by atoms with Crippen LogP contribution in [0.2, 0.25) is 0 Å². The fourth-order valence-electron chi connectivity index (χ4n) is 8.96. The van der Waals surface area contributed by atoms with E-state index in [-0.39, 0.29) is 23.4 Å². The fraction of sp³-hybridized carbons (Fsp3) is 0.694. The normalized spacial score (nSPS) is 28.7. The van der Waals surface area contributed by atoms with Gasteiger partial charge in [0.05, 0.1) is 18.6 Å². The highest BCUT2D eigenvalue weighted by atomic mass is 32.2. The van der Waals surface area contributed by atoms with E-state index in [0.717, 1.165) is 52.9 Å². The SMILES string of the molecule is CCSc1c2c(nn1Cc1ccc(C3NC(F)CCC34CCCCCCCCCCC4)cc1)N1C(=N[C@@H]3CCC[C@@H]31)N(C)C2=O. The molecule has 2 saturated carbocycles. The highest BCUT2D eigenvalue weighted by Gasteiger charge is 2.49. The molecule has 7 nitrogen and oxygen atoms in total. The zero-order valence-electron chi connectivity index (χ0n) is 27.3. The third-order valence-electron chi connectivity index (χ3n) is 11.3. The largest absolute Gasteiger partial charge is 0.289 e. The quantitative estimate of drug-likeness (QED) is 0.265. The average molecular weight is 635 g/mol. The van der Waals surface area contributed by atoms with Gasteiger partial charge in [-0.2, -0.15) is 5.10 Å². The van der Waals surface area contributed by atoms with Crippen LogP contribution in [-0.4, -0.2) is 57.7 Å². The van der Waals surface area contributed by atoms with Gasteiger partial charge in [-0.05, 0) is 67.2 Å². The minimum Gasteiger partial charge on any atom is -0.289 e. The number of nitrogens with one attached hydrogen (secondary N) is 1. The number of thioether (sulfide) groups is 1. The Kier molecular flexibility index (Phi) is 9.28. The maximum Gasteiger partial charge on any atom is 0.266 e. The number of benzene rings is 1. The lowest BCUT2D eigenvalue weighted by Crippen LogP contribution is -2.51. The third kappa shape index (κ3) is 5.97. The van der Waals surface area contributed by atoms with Gasteiger partial charge in [-0.1, -0.05) is 89.0 Å². The standard InChI is InChI=1S/C36H51FN6OS/c1-3-45-34-30-32(43-28-15-13-14-27(28)38-35(43)41(2)33(30)44)40-42(34)24-25-16-18-26(19-17-25)31-36(23-20-29(37)39-31)21-11-9-7-5-4-6-8-10-12-22-36/h16-19,27-29,31,39H,3-15,20-24H2,1-2H3/t27-,28+,29?,31?/m1/s1. The van der Waals surface area contributed by atoms with Crippen molar-refractivity contribution in [2.45, 2.75) is 146 Å². The first-order valence-electron chi connectivity index (χ1n) is 17.9. The predicted molar refractivity (Wildman–Crippen MR) is 181 cm³/mol. The van der Waals surface area contributed by atoms with Crippen molar-refractivity contribution in [2.75, 3.05) is 17.7 Å². The number of guanidine groups is 1. The van der Waals surface area contributed by atoms with Crippen molar-refractivity contribution in [1.82, 2.24) is 20.0 Å². The van der Waals surface area contributed by atoms with Gasteiger partial charge in [-0.3, -0.25) is 24.6 Å². The van der Waals surface area contributed by atoms with Crippen LogP contribution in [0.25, 0.3) is 0 Å². The minimum absolute atomic E-state index is 0.0102. The minimum atomic E-state index is -0.945. The molecule has 0 radical (unpaired) electrons. The lowest BCUT2D eigenvalue weighted by Gasteiger charge is -2.47. The summed E-state index contributed by atoms with van der Waals surface area (Å²) in [5.41, 5.74) is 3.19. The predicted octanol–water partition coefficient (Wildman–Crippen LogP) is 8.24. The van der Waals surface area contributed by atoms with Crippen LogP contribution in [0.3, 0.4) is 0 Å². The third-order valence-corrected chi connectivity index (χ3v) is 12.3. The Balaban J connectivity index is 1.15. The summed E-state index contributed by atoms with van der Waals surface area (Å²) in [6.07, 6.45) is 18.2. The first kappa shape index (κ1) is 31.2. The Morgan fingerprint density at radius 2 is 1.62 bits per heavy atom. The topological polar surface area (TPSA) is 65.8 Å². The zero-order valence-corrected chi connectivity index (χ0v) is 28.1. The molecule has 4 heterocycles. The number of hydrogen-bond donors (Lipinski definition) is 1. The first-order chi connectivity index (χ1) is 22.0. The summed E-state index contributed by atoms with van der Waals surface area (Å²) in [6.45, 7) is 2.72. The van der Waals surface area contributed by atoms with Gasteiger partial charge in [0.15, 0.2) is 12.1 Å². The molecule has 9 heteroatoms. The van der Waals surface area contributed by atoms with E-state index in [1.165, 1.54) is 82.6 Å². The molecule has 1 N–H and O–H groups in total. The molecule has 3 aliphatic heterocycles. The zero-order chi connectivity index (χ0) is 31.0. The summed E-state index contributed by atoms with van der Waals surface area (Å²) in [5.74, 6) is 2.39. The number of anilines is 1. The highest BCUT2D eigenvalue weighted by Crippen LogP contribution is 2.50. The maximum atomic E-state index is 15.0. The lowest BCUT2D eigenvalue weighted by atomic mass is 9.65. The van der Waals surface area contributed by atoms with Crippen LogP contribution >= 0.6 is 11.8 Å². The first-order valence-corrected chi connectivity index (χ1v) is 18.9. The number of carbonyl (C=O) groups is 1. The molecule has 1 saturated heterocycles. The number of amides is 1. The van der Waals surface area contributed by atoms with Crippen LogP contribution in [0.15, 0.2) is 34.3 Å². The maximum absolute atomic E-state index is 15.0. The monoisotopic (exact) mass is 634 g/mol. The number of nitrogens with zero attached hydrogens (tertiary/aromatic N) is 5. The van der Waals surface area contributed by atoms with Gasteiger partial charge in [0.25, 0.3) is 5.91 Å². The van der Waals surface area contributed by atoms with Crippen LogP contribution in [0.5, 0.6) is 0 Å². The molecule has 5 aliphatic rings. The summed E-state index contributed by atoms with van der Waals surface area (Å²) in [7, 11) is 1.85. The Morgan fingerprint density at radius 1 is 0.933 bits per heavy atom. The van der Waals surface area contributed by atoms with Crippen LogP contribution < -0.4 is 10.2 Å². The van der Waals surface area contributed by atoms with E-state index >= 15 is 0 Å². The number of halogens is 1. The summed E-state index contributed by atoms with van der Waals surface area (Å²) in [4.78, 5) is 22.6. The Labute approximate surface area is 272 Å². The van der Waals surface area contributed by atoms with Crippen LogP contribution in [0, 0.1) is 5.41 Å². The number of aromatic nitrogens is 2. The number of fused-ring (bicyclic) bond motifs is 5. The second-order valence-electron chi connectivity index (χ2n) is 14.2. The molecule has 3 fully saturated rings. The van der Waals surface area contributed by atoms with Gasteiger partial charge in [0.1, 0.15) is 10.6 Å².